The van der Waals surface area contributed by atoms with Gasteiger partial charge in [-0.1, -0.05) is 30.3 Å². The molecule has 0 saturated carbocycles. The standard InChI is InChI=1S/C19H16N4S/c1-2-6-17-16(5-1)18(12-14-7-9-20-10-8-14)22-23-19(17)21-13-15-4-3-11-24-15/h1-11H,12-13H2,(H,21,23). The van der Waals surface area contributed by atoms with Gasteiger partial charge in [0.15, 0.2) is 5.82 Å². The normalized spacial score (nSPS) is 10.8. The summed E-state index contributed by atoms with van der Waals surface area (Å²) in [7, 11) is 0. The van der Waals surface area contributed by atoms with Crippen LogP contribution in [0.15, 0.2) is 66.3 Å². The molecule has 0 spiro atoms. The fourth-order valence-corrected chi connectivity index (χ4v) is 3.34. The first-order chi connectivity index (χ1) is 11.9. The number of pyridine rings is 1. The van der Waals surface area contributed by atoms with Crippen LogP contribution in [0.3, 0.4) is 0 Å². The smallest absolute Gasteiger partial charge is 0.156 e. The molecule has 4 nitrogen and oxygen atoms in total. The van der Waals surface area contributed by atoms with Crippen molar-refractivity contribution in [2.45, 2.75) is 13.0 Å². The average molecular weight is 332 g/mol. The molecule has 1 aromatic carbocycles. The third kappa shape index (κ3) is 3.12. The van der Waals surface area contributed by atoms with Crippen molar-refractivity contribution in [1.82, 2.24) is 15.2 Å². The molecule has 0 aliphatic heterocycles. The molecule has 118 valence electrons. The second-order valence-electron chi connectivity index (χ2n) is 5.51. The lowest BCUT2D eigenvalue weighted by molar-refractivity contribution is 0.948. The summed E-state index contributed by atoms with van der Waals surface area (Å²) in [6.45, 7) is 0.764. The van der Waals surface area contributed by atoms with E-state index in [1.807, 2.05) is 36.7 Å². The van der Waals surface area contributed by atoms with Crippen LogP contribution < -0.4 is 5.32 Å². The van der Waals surface area contributed by atoms with Crippen molar-refractivity contribution in [2.75, 3.05) is 5.32 Å². The molecule has 0 unspecified atom stereocenters. The van der Waals surface area contributed by atoms with Gasteiger partial charge in [-0.2, -0.15) is 5.10 Å². The van der Waals surface area contributed by atoms with Gasteiger partial charge in [-0.15, -0.1) is 16.4 Å². The predicted molar refractivity (Wildman–Crippen MR) is 98.2 cm³/mol. The second-order valence-corrected chi connectivity index (χ2v) is 6.54. The molecule has 0 fully saturated rings. The third-order valence-corrected chi connectivity index (χ3v) is 4.77. The van der Waals surface area contributed by atoms with Crippen LogP contribution in [0.2, 0.25) is 0 Å². The first-order valence-electron chi connectivity index (χ1n) is 7.79. The molecule has 0 amide bonds. The molecule has 3 heterocycles. The zero-order chi connectivity index (χ0) is 16.2. The Balaban J connectivity index is 1.66. The summed E-state index contributed by atoms with van der Waals surface area (Å²) >= 11 is 1.74. The van der Waals surface area contributed by atoms with E-state index in [-0.39, 0.29) is 0 Å². The number of rotatable bonds is 5. The Kier molecular flexibility index (Phi) is 4.16. The minimum absolute atomic E-state index is 0.751. The van der Waals surface area contributed by atoms with Crippen LogP contribution in [0.5, 0.6) is 0 Å². The maximum Gasteiger partial charge on any atom is 0.156 e. The van der Waals surface area contributed by atoms with Gasteiger partial charge in [0, 0.05) is 34.5 Å². The van der Waals surface area contributed by atoms with Crippen LogP contribution in [-0.4, -0.2) is 15.2 Å². The lowest BCUT2D eigenvalue weighted by Crippen LogP contribution is -2.05. The van der Waals surface area contributed by atoms with Crippen molar-refractivity contribution in [3.8, 4) is 0 Å². The molecule has 0 aliphatic rings. The second kappa shape index (κ2) is 6.76. The van der Waals surface area contributed by atoms with Gasteiger partial charge >= 0.3 is 0 Å². The van der Waals surface area contributed by atoms with E-state index >= 15 is 0 Å². The number of benzene rings is 1. The summed E-state index contributed by atoms with van der Waals surface area (Å²) in [5.41, 5.74) is 2.17. The van der Waals surface area contributed by atoms with Crippen molar-refractivity contribution in [3.05, 3.63) is 82.4 Å². The maximum absolute atomic E-state index is 4.47. The molecule has 0 aliphatic carbocycles. The van der Waals surface area contributed by atoms with Gasteiger partial charge in [-0.05, 0) is 29.1 Å². The zero-order valence-electron chi connectivity index (χ0n) is 13.0. The largest absolute Gasteiger partial charge is 0.363 e. The van der Waals surface area contributed by atoms with Gasteiger partial charge in [-0.3, -0.25) is 4.98 Å². The monoisotopic (exact) mass is 332 g/mol. The molecule has 4 rings (SSSR count). The highest BCUT2D eigenvalue weighted by Gasteiger charge is 2.09. The van der Waals surface area contributed by atoms with E-state index in [9.17, 15) is 0 Å². The van der Waals surface area contributed by atoms with Crippen molar-refractivity contribution < 1.29 is 0 Å². The van der Waals surface area contributed by atoms with Crippen LogP contribution in [0, 0.1) is 0 Å². The highest BCUT2D eigenvalue weighted by molar-refractivity contribution is 7.09. The van der Waals surface area contributed by atoms with Gasteiger partial charge in [0.2, 0.25) is 0 Å². The summed E-state index contributed by atoms with van der Waals surface area (Å²) in [5, 5.41) is 16.6. The van der Waals surface area contributed by atoms with Crippen LogP contribution in [0.25, 0.3) is 10.8 Å². The van der Waals surface area contributed by atoms with E-state index < -0.39 is 0 Å². The summed E-state index contributed by atoms with van der Waals surface area (Å²) < 4.78 is 0. The van der Waals surface area contributed by atoms with Crippen molar-refractivity contribution in [3.63, 3.8) is 0 Å². The molecule has 0 bridgehead atoms. The lowest BCUT2D eigenvalue weighted by Gasteiger charge is -2.10. The van der Waals surface area contributed by atoms with E-state index in [2.05, 4.69) is 50.1 Å². The van der Waals surface area contributed by atoms with Gasteiger partial charge in [0.1, 0.15) is 0 Å². The Labute approximate surface area is 144 Å². The topological polar surface area (TPSA) is 50.7 Å². The summed E-state index contributed by atoms with van der Waals surface area (Å²) in [4.78, 5) is 5.35. The Morgan fingerprint density at radius 1 is 0.875 bits per heavy atom. The number of hydrogen-bond donors (Lipinski definition) is 1. The number of nitrogens with one attached hydrogen (secondary N) is 1. The Morgan fingerprint density at radius 3 is 2.50 bits per heavy atom. The zero-order valence-corrected chi connectivity index (χ0v) is 13.8. The Bertz CT molecular complexity index is 936. The highest BCUT2D eigenvalue weighted by Crippen LogP contribution is 2.25. The van der Waals surface area contributed by atoms with Crippen LogP contribution >= 0.6 is 11.3 Å². The van der Waals surface area contributed by atoms with Gasteiger partial charge in [0.05, 0.1) is 12.2 Å². The molecule has 4 aromatic rings. The van der Waals surface area contributed by atoms with Crippen molar-refractivity contribution in [2.24, 2.45) is 0 Å². The van der Waals surface area contributed by atoms with Crippen LogP contribution in [0.4, 0.5) is 5.82 Å². The minimum atomic E-state index is 0.751. The van der Waals surface area contributed by atoms with E-state index in [4.69, 9.17) is 0 Å². The van der Waals surface area contributed by atoms with Crippen molar-refractivity contribution >= 4 is 27.9 Å². The highest BCUT2D eigenvalue weighted by atomic mass is 32.1. The first kappa shape index (κ1) is 14.8. The molecular weight excluding hydrogens is 316 g/mol. The fourth-order valence-electron chi connectivity index (χ4n) is 2.70. The molecular formula is C19H16N4S. The fraction of sp³-hybridized carbons (Fsp3) is 0.105. The Morgan fingerprint density at radius 2 is 1.71 bits per heavy atom. The summed E-state index contributed by atoms with van der Waals surface area (Å²) in [6, 6.07) is 16.5. The van der Waals surface area contributed by atoms with Crippen LogP contribution in [-0.2, 0) is 13.0 Å². The number of nitrogens with zero attached hydrogens (tertiary/aromatic N) is 3. The minimum Gasteiger partial charge on any atom is -0.363 e. The molecule has 3 aromatic heterocycles. The number of aromatic nitrogens is 3. The first-order valence-corrected chi connectivity index (χ1v) is 8.67. The van der Waals surface area contributed by atoms with Gasteiger partial charge < -0.3 is 5.32 Å². The van der Waals surface area contributed by atoms with Gasteiger partial charge in [-0.25, -0.2) is 0 Å². The maximum atomic E-state index is 4.47. The number of fused-ring (bicyclic) bond motifs is 1. The summed E-state index contributed by atoms with van der Waals surface area (Å²) in [5.74, 6) is 0.831. The van der Waals surface area contributed by atoms with E-state index in [0.29, 0.717) is 0 Å². The lowest BCUT2D eigenvalue weighted by atomic mass is 10.1. The predicted octanol–water partition coefficient (Wildman–Crippen LogP) is 4.29. The summed E-state index contributed by atoms with van der Waals surface area (Å²) in [6.07, 6.45) is 4.37. The van der Waals surface area contributed by atoms with E-state index in [1.54, 1.807) is 11.3 Å². The van der Waals surface area contributed by atoms with Crippen molar-refractivity contribution in [1.29, 1.82) is 0 Å². The molecule has 1 N–H and O–H groups in total. The quantitative estimate of drug-likeness (QED) is 0.592. The van der Waals surface area contributed by atoms with Crippen LogP contribution in [0.1, 0.15) is 16.1 Å². The molecule has 0 radical (unpaired) electrons. The Hall–Kier alpha value is -2.79. The molecule has 24 heavy (non-hydrogen) atoms. The molecule has 0 saturated heterocycles. The molecule has 0 atom stereocenters. The van der Waals surface area contributed by atoms with E-state index in [1.165, 1.54) is 10.4 Å². The number of anilines is 1. The number of hydrogen-bond acceptors (Lipinski definition) is 5. The molecule has 5 heteroatoms. The van der Waals surface area contributed by atoms with E-state index in [0.717, 1.165) is 35.2 Å². The number of thiophene rings is 1. The average Bonchev–Trinajstić information content (AvgIpc) is 3.15. The SMILES string of the molecule is c1csc(CNc2nnc(Cc3ccncc3)c3ccccc23)c1. The van der Waals surface area contributed by atoms with Gasteiger partial charge in [0.25, 0.3) is 0 Å². The third-order valence-electron chi connectivity index (χ3n) is 3.89.